The van der Waals surface area contributed by atoms with E-state index in [0.717, 1.165) is 16.5 Å². The SMILES string of the molecule is Cc1ccccc1NC(=O)/C(C#N)=C\c1cc(Br)c(OCc2ccc3ccccc3c2)c(Br)c1. The molecule has 0 aliphatic carbocycles. The van der Waals surface area contributed by atoms with Crippen LogP contribution in [0, 0.1) is 18.3 Å². The first-order valence-corrected chi connectivity index (χ1v) is 12.1. The van der Waals surface area contributed by atoms with Crippen molar-refractivity contribution in [3.63, 3.8) is 0 Å². The van der Waals surface area contributed by atoms with Crippen molar-refractivity contribution in [2.45, 2.75) is 13.5 Å². The highest BCUT2D eigenvalue weighted by molar-refractivity contribution is 9.11. The van der Waals surface area contributed by atoms with Gasteiger partial charge in [0, 0.05) is 5.69 Å². The molecule has 0 spiro atoms. The third-order valence-electron chi connectivity index (χ3n) is 5.29. The molecular formula is C28H20Br2N2O2. The molecule has 0 aliphatic rings. The second-order valence-electron chi connectivity index (χ2n) is 7.72. The fourth-order valence-electron chi connectivity index (χ4n) is 3.50. The highest BCUT2D eigenvalue weighted by atomic mass is 79.9. The molecular weight excluding hydrogens is 556 g/mol. The summed E-state index contributed by atoms with van der Waals surface area (Å²) in [5.41, 5.74) is 3.35. The number of anilines is 1. The number of nitrogens with one attached hydrogen (secondary N) is 1. The molecule has 0 atom stereocenters. The van der Waals surface area contributed by atoms with Crippen molar-refractivity contribution in [2.75, 3.05) is 5.32 Å². The summed E-state index contributed by atoms with van der Waals surface area (Å²) >= 11 is 7.11. The molecule has 1 N–H and O–H groups in total. The Bertz CT molecular complexity index is 1430. The molecule has 0 saturated heterocycles. The zero-order chi connectivity index (χ0) is 24.1. The average molecular weight is 576 g/mol. The zero-order valence-corrected chi connectivity index (χ0v) is 21.5. The van der Waals surface area contributed by atoms with Gasteiger partial charge in [-0.3, -0.25) is 4.79 Å². The number of benzene rings is 4. The lowest BCUT2D eigenvalue weighted by atomic mass is 10.1. The van der Waals surface area contributed by atoms with E-state index in [9.17, 15) is 10.1 Å². The summed E-state index contributed by atoms with van der Waals surface area (Å²) in [7, 11) is 0. The van der Waals surface area contributed by atoms with E-state index in [1.165, 1.54) is 5.39 Å². The highest BCUT2D eigenvalue weighted by Gasteiger charge is 2.13. The molecule has 1 amide bonds. The summed E-state index contributed by atoms with van der Waals surface area (Å²) in [6.45, 7) is 2.30. The van der Waals surface area contributed by atoms with Crippen LogP contribution in [0.2, 0.25) is 0 Å². The van der Waals surface area contributed by atoms with Gasteiger partial charge in [0.2, 0.25) is 0 Å². The number of halogens is 2. The lowest BCUT2D eigenvalue weighted by Gasteiger charge is -2.12. The monoisotopic (exact) mass is 574 g/mol. The molecule has 4 aromatic carbocycles. The third kappa shape index (κ3) is 5.56. The number of carbonyl (C=O) groups excluding carboxylic acids is 1. The van der Waals surface area contributed by atoms with Crippen molar-refractivity contribution >= 4 is 60.3 Å². The van der Waals surface area contributed by atoms with E-state index in [4.69, 9.17) is 4.74 Å². The van der Waals surface area contributed by atoms with Gasteiger partial charge in [0.15, 0.2) is 0 Å². The molecule has 4 rings (SSSR count). The molecule has 0 radical (unpaired) electrons. The lowest BCUT2D eigenvalue weighted by Crippen LogP contribution is -2.14. The summed E-state index contributed by atoms with van der Waals surface area (Å²) in [5, 5.41) is 14.7. The van der Waals surface area contributed by atoms with Crippen molar-refractivity contribution in [1.82, 2.24) is 0 Å². The standard InChI is InChI=1S/C28H20Br2N2O2/c1-18-6-2-5-9-26(18)32-28(33)23(16-31)13-20-14-24(29)27(25(30)15-20)34-17-19-10-11-21-7-3-4-8-22(21)12-19/h2-15H,17H2,1H3,(H,32,33)/b23-13-. The predicted octanol–water partition coefficient (Wildman–Crippen LogP) is 7.80. The Kier molecular flexibility index (Phi) is 7.46. The minimum atomic E-state index is -0.458. The van der Waals surface area contributed by atoms with Gasteiger partial charge in [-0.1, -0.05) is 54.6 Å². The van der Waals surface area contributed by atoms with Crippen LogP contribution in [-0.2, 0) is 11.4 Å². The summed E-state index contributed by atoms with van der Waals surface area (Å²) in [6.07, 6.45) is 1.55. The van der Waals surface area contributed by atoms with E-state index in [0.29, 0.717) is 32.6 Å². The Hall–Kier alpha value is -3.40. The molecule has 0 unspecified atom stereocenters. The Labute approximate surface area is 215 Å². The Morgan fingerprint density at radius 1 is 0.971 bits per heavy atom. The van der Waals surface area contributed by atoms with Crippen LogP contribution in [0.5, 0.6) is 5.75 Å². The number of rotatable bonds is 6. The van der Waals surface area contributed by atoms with E-state index in [1.807, 2.05) is 61.5 Å². The molecule has 168 valence electrons. The van der Waals surface area contributed by atoms with Crippen LogP contribution >= 0.6 is 31.9 Å². The van der Waals surface area contributed by atoms with Crippen molar-refractivity contribution in [3.8, 4) is 11.8 Å². The molecule has 0 heterocycles. The first-order chi connectivity index (χ1) is 16.4. The predicted molar refractivity (Wildman–Crippen MR) is 144 cm³/mol. The van der Waals surface area contributed by atoms with Gasteiger partial charge in [-0.15, -0.1) is 0 Å². The Balaban J connectivity index is 1.51. The van der Waals surface area contributed by atoms with Gasteiger partial charge >= 0.3 is 0 Å². The van der Waals surface area contributed by atoms with Gasteiger partial charge in [-0.05, 0) is 96.6 Å². The number of fused-ring (bicyclic) bond motifs is 1. The van der Waals surface area contributed by atoms with Crippen molar-refractivity contribution < 1.29 is 9.53 Å². The topological polar surface area (TPSA) is 62.1 Å². The average Bonchev–Trinajstić information content (AvgIpc) is 2.83. The van der Waals surface area contributed by atoms with Crippen LogP contribution in [0.15, 0.2) is 93.4 Å². The van der Waals surface area contributed by atoms with Crippen LogP contribution in [0.4, 0.5) is 5.69 Å². The maximum atomic E-state index is 12.6. The van der Waals surface area contributed by atoms with Gasteiger partial charge in [0.1, 0.15) is 24.0 Å². The summed E-state index contributed by atoms with van der Waals surface area (Å²) in [4.78, 5) is 12.6. The van der Waals surface area contributed by atoms with Crippen LogP contribution in [0.1, 0.15) is 16.7 Å². The molecule has 4 nitrogen and oxygen atoms in total. The molecule has 0 saturated carbocycles. The number of ether oxygens (including phenoxy) is 1. The van der Waals surface area contributed by atoms with E-state index >= 15 is 0 Å². The molecule has 0 aromatic heterocycles. The van der Waals surface area contributed by atoms with Crippen molar-refractivity contribution in [2.24, 2.45) is 0 Å². The summed E-state index contributed by atoms with van der Waals surface area (Å²) in [6, 6.07) is 27.5. The highest BCUT2D eigenvalue weighted by Crippen LogP contribution is 2.36. The number of hydrogen-bond acceptors (Lipinski definition) is 3. The molecule has 34 heavy (non-hydrogen) atoms. The zero-order valence-electron chi connectivity index (χ0n) is 18.3. The second-order valence-corrected chi connectivity index (χ2v) is 9.43. The van der Waals surface area contributed by atoms with E-state index in [-0.39, 0.29) is 5.57 Å². The maximum absolute atomic E-state index is 12.6. The smallest absolute Gasteiger partial charge is 0.266 e. The van der Waals surface area contributed by atoms with Crippen LogP contribution in [0.25, 0.3) is 16.8 Å². The van der Waals surface area contributed by atoms with Gasteiger partial charge in [-0.2, -0.15) is 5.26 Å². The second kappa shape index (κ2) is 10.7. The third-order valence-corrected chi connectivity index (χ3v) is 6.47. The maximum Gasteiger partial charge on any atom is 0.266 e. The molecule has 0 fully saturated rings. The first kappa shape index (κ1) is 23.7. The summed E-state index contributed by atoms with van der Waals surface area (Å²) in [5.74, 6) is 0.189. The van der Waals surface area contributed by atoms with Crippen molar-refractivity contribution in [3.05, 3.63) is 110 Å². The Morgan fingerprint density at radius 2 is 1.65 bits per heavy atom. The van der Waals surface area contributed by atoms with E-state index in [1.54, 1.807) is 12.1 Å². The minimum absolute atomic E-state index is 0.00638. The van der Waals surface area contributed by atoms with Crippen LogP contribution in [0.3, 0.4) is 0 Å². The first-order valence-electron chi connectivity index (χ1n) is 10.5. The van der Waals surface area contributed by atoms with Crippen LogP contribution < -0.4 is 10.1 Å². The van der Waals surface area contributed by atoms with E-state index in [2.05, 4.69) is 61.4 Å². The molecule has 6 heteroatoms. The fraction of sp³-hybridized carbons (Fsp3) is 0.0714. The molecule has 4 aromatic rings. The Morgan fingerprint density at radius 3 is 2.35 bits per heavy atom. The van der Waals surface area contributed by atoms with Gasteiger partial charge in [0.05, 0.1) is 8.95 Å². The normalized spacial score (nSPS) is 11.2. The van der Waals surface area contributed by atoms with Crippen molar-refractivity contribution in [1.29, 1.82) is 5.26 Å². The number of nitriles is 1. The number of carbonyl (C=O) groups is 1. The number of aryl methyl sites for hydroxylation is 1. The largest absolute Gasteiger partial charge is 0.487 e. The number of amides is 1. The fourth-order valence-corrected chi connectivity index (χ4v) is 4.95. The van der Waals surface area contributed by atoms with Crippen LogP contribution in [-0.4, -0.2) is 5.91 Å². The van der Waals surface area contributed by atoms with Gasteiger partial charge in [-0.25, -0.2) is 0 Å². The van der Waals surface area contributed by atoms with E-state index < -0.39 is 5.91 Å². The van der Waals surface area contributed by atoms with Gasteiger partial charge in [0.25, 0.3) is 5.91 Å². The lowest BCUT2D eigenvalue weighted by molar-refractivity contribution is -0.112. The number of para-hydroxylation sites is 1. The molecule has 0 aliphatic heterocycles. The minimum Gasteiger partial charge on any atom is -0.487 e. The summed E-state index contributed by atoms with van der Waals surface area (Å²) < 4.78 is 7.50. The molecule has 0 bridgehead atoms. The number of nitrogens with zero attached hydrogens (tertiary/aromatic N) is 1. The number of hydrogen-bond donors (Lipinski definition) is 1. The quantitative estimate of drug-likeness (QED) is 0.188. The van der Waals surface area contributed by atoms with Gasteiger partial charge < -0.3 is 10.1 Å².